The van der Waals surface area contributed by atoms with Crippen molar-refractivity contribution in [2.75, 3.05) is 12.0 Å². The van der Waals surface area contributed by atoms with Crippen molar-refractivity contribution in [3.05, 3.63) is 95.9 Å². The van der Waals surface area contributed by atoms with Crippen LogP contribution in [-0.4, -0.2) is 29.9 Å². The molecule has 0 radical (unpaired) electrons. The summed E-state index contributed by atoms with van der Waals surface area (Å²) in [6, 6.07) is 13.4. The number of nitro benzene ring substituents is 1. The van der Waals surface area contributed by atoms with Gasteiger partial charge in [-0.15, -0.1) is 0 Å². The number of nitro groups is 1. The molecule has 1 fully saturated rings. The number of methoxy groups -OCH3 is 1. The number of aryl methyl sites for hydroxylation is 1. The SMILES string of the molecule is COc1cc(/C=C2/C(=O)NC(=O)N(c3ccc(Br)cc3C)C2=O)cc(Br)c1OCc1cccc([N+](=O)[O-])c1. The average molecular weight is 645 g/mol. The molecule has 0 spiro atoms. The number of non-ortho nitro benzene ring substituents is 1. The van der Waals surface area contributed by atoms with Gasteiger partial charge in [0.05, 0.1) is 22.2 Å². The molecule has 1 aliphatic heterocycles. The molecule has 0 bridgehead atoms. The van der Waals surface area contributed by atoms with E-state index in [-0.39, 0.29) is 23.6 Å². The summed E-state index contributed by atoms with van der Waals surface area (Å²) in [7, 11) is 1.42. The lowest BCUT2D eigenvalue weighted by molar-refractivity contribution is -0.384. The highest BCUT2D eigenvalue weighted by molar-refractivity contribution is 9.10. The van der Waals surface area contributed by atoms with Gasteiger partial charge in [-0.05, 0) is 76.0 Å². The number of ether oxygens (including phenoxy) is 2. The minimum Gasteiger partial charge on any atom is -0.493 e. The zero-order valence-corrected chi connectivity index (χ0v) is 23.2. The van der Waals surface area contributed by atoms with Crippen LogP contribution in [0, 0.1) is 17.0 Å². The Morgan fingerprint density at radius 1 is 1.08 bits per heavy atom. The second-order valence-corrected chi connectivity index (χ2v) is 9.91. The van der Waals surface area contributed by atoms with Crippen LogP contribution in [0.5, 0.6) is 11.5 Å². The number of carbonyl (C=O) groups excluding carboxylic acids is 3. The number of hydrogen-bond donors (Lipinski definition) is 1. The molecule has 38 heavy (non-hydrogen) atoms. The zero-order valence-electron chi connectivity index (χ0n) is 20.0. The summed E-state index contributed by atoms with van der Waals surface area (Å²) in [5, 5.41) is 13.2. The number of halogens is 2. The van der Waals surface area contributed by atoms with Crippen molar-refractivity contribution in [1.29, 1.82) is 0 Å². The molecular weight excluding hydrogens is 626 g/mol. The third kappa shape index (κ3) is 5.60. The molecule has 4 rings (SSSR count). The highest BCUT2D eigenvalue weighted by atomic mass is 79.9. The molecule has 1 N–H and O–H groups in total. The third-order valence-corrected chi connectivity index (χ3v) is 6.65. The van der Waals surface area contributed by atoms with Gasteiger partial charge in [0.2, 0.25) is 0 Å². The summed E-state index contributed by atoms with van der Waals surface area (Å²) in [5.74, 6) is -0.989. The molecule has 194 valence electrons. The van der Waals surface area contributed by atoms with Crippen molar-refractivity contribution >= 4 is 67.2 Å². The molecule has 0 aromatic heterocycles. The molecule has 3 aromatic rings. The van der Waals surface area contributed by atoms with E-state index in [9.17, 15) is 24.5 Å². The van der Waals surface area contributed by atoms with Gasteiger partial charge < -0.3 is 9.47 Å². The number of nitrogens with one attached hydrogen (secondary N) is 1. The number of urea groups is 1. The number of amides is 4. The highest BCUT2D eigenvalue weighted by Gasteiger charge is 2.37. The quantitative estimate of drug-likeness (QED) is 0.152. The van der Waals surface area contributed by atoms with Gasteiger partial charge in [-0.2, -0.15) is 0 Å². The Bertz CT molecular complexity index is 1520. The highest BCUT2D eigenvalue weighted by Crippen LogP contribution is 2.38. The predicted molar refractivity (Wildman–Crippen MR) is 146 cm³/mol. The fraction of sp³-hybridized carbons (Fsp3) is 0.115. The van der Waals surface area contributed by atoms with E-state index in [0.717, 1.165) is 9.37 Å². The molecule has 0 unspecified atom stereocenters. The summed E-state index contributed by atoms with van der Waals surface area (Å²) in [6.07, 6.45) is 1.35. The van der Waals surface area contributed by atoms with Crippen LogP contribution < -0.4 is 19.7 Å². The molecule has 1 aliphatic rings. The van der Waals surface area contributed by atoms with Gasteiger partial charge in [-0.25, -0.2) is 9.69 Å². The topological polar surface area (TPSA) is 128 Å². The van der Waals surface area contributed by atoms with Crippen LogP contribution in [0.4, 0.5) is 16.2 Å². The summed E-state index contributed by atoms with van der Waals surface area (Å²) < 4.78 is 12.5. The van der Waals surface area contributed by atoms with Crippen LogP contribution in [0.25, 0.3) is 6.08 Å². The van der Waals surface area contributed by atoms with Gasteiger partial charge in [0.15, 0.2) is 11.5 Å². The molecule has 0 saturated carbocycles. The van der Waals surface area contributed by atoms with E-state index < -0.39 is 22.8 Å². The zero-order chi connectivity index (χ0) is 27.6. The minimum absolute atomic E-state index is 0.0293. The number of carbonyl (C=O) groups is 3. The maximum atomic E-state index is 13.3. The number of barbiturate groups is 1. The Morgan fingerprint density at radius 2 is 1.84 bits per heavy atom. The Kier molecular flexibility index (Phi) is 7.93. The van der Waals surface area contributed by atoms with Gasteiger partial charge >= 0.3 is 6.03 Å². The number of imide groups is 2. The van der Waals surface area contributed by atoms with Gasteiger partial charge in [0.1, 0.15) is 12.2 Å². The molecule has 0 atom stereocenters. The molecule has 3 aromatic carbocycles. The minimum atomic E-state index is -0.841. The number of rotatable bonds is 7. The molecule has 4 amide bonds. The largest absolute Gasteiger partial charge is 0.493 e. The average Bonchev–Trinajstić information content (AvgIpc) is 2.86. The van der Waals surface area contributed by atoms with Gasteiger partial charge in [0, 0.05) is 16.6 Å². The second-order valence-electron chi connectivity index (χ2n) is 8.14. The Balaban J connectivity index is 1.64. The fourth-order valence-corrected chi connectivity index (χ4v) is 4.84. The Hall–Kier alpha value is -4.03. The molecule has 1 saturated heterocycles. The second kappa shape index (κ2) is 11.2. The van der Waals surface area contributed by atoms with E-state index in [4.69, 9.17) is 9.47 Å². The van der Waals surface area contributed by atoms with Crippen molar-refractivity contribution in [3.63, 3.8) is 0 Å². The van der Waals surface area contributed by atoms with Crippen LogP contribution in [0.2, 0.25) is 0 Å². The van der Waals surface area contributed by atoms with Crippen molar-refractivity contribution in [2.45, 2.75) is 13.5 Å². The van der Waals surface area contributed by atoms with Gasteiger partial charge in [0.25, 0.3) is 17.5 Å². The smallest absolute Gasteiger partial charge is 0.335 e. The normalized spacial score (nSPS) is 14.5. The molecule has 10 nitrogen and oxygen atoms in total. The van der Waals surface area contributed by atoms with Crippen LogP contribution >= 0.6 is 31.9 Å². The number of benzene rings is 3. The summed E-state index contributed by atoms with van der Waals surface area (Å²) in [4.78, 5) is 49.9. The Morgan fingerprint density at radius 3 is 2.53 bits per heavy atom. The van der Waals surface area contributed by atoms with Gasteiger partial charge in [-0.3, -0.25) is 25.0 Å². The van der Waals surface area contributed by atoms with Crippen LogP contribution in [0.15, 0.2) is 69.1 Å². The number of nitrogens with zero attached hydrogens (tertiary/aromatic N) is 2. The summed E-state index contributed by atoms with van der Waals surface area (Å²) in [6.45, 7) is 1.77. The molecule has 0 aliphatic carbocycles. The summed E-state index contributed by atoms with van der Waals surface area (Å²) >= 11 is 6.78. The maximum Gasteiger partial charge on any atom is 0.335 e. The van der Waals surface area contributed by atoms with Gasteiger partial charge in [-0.1, -0.05) is 28.1 Å². The maximum absolute atomic E-state index is 13.3. The molecule has 12 heteroatoms. The van der Waals surface area contributed by atoms with E-state index in [1.54, 1.807) is 49.4 Å². The fourth-order valence-electron chi connectivity index (χ4n) is 3.79. The number of hydrogen-bond acceptors (Lipinski definition) is 7. The van der Waals surface area contributed by atoms with E-state index >= 15 is 0 Å². The van der Waals surface area contributed by atoms with E-state index in [1.807, 2.05) is 0 Å². The lowest BCUT2D eigenvalue weighted by Gasteiger charge is -2.27. The first-order valence-electron chi connectivity index (χ1n) is 11.0. The predicted octanol–water partition coefficient (Wildman–Crippen LogP) is 5.68. The monoisotopic (exact) mass is 643 g/mol. The lowest BCUT2D eigenvalue weighted by Crippen LogP contribution is -2.54. The van der Waals surface area contributed by atoms with E-state index in [2.05, 4.69) is 37.2 Å². The van der Waals surface area contributed by atoms with E-state index in [0.29, 0.717) is 32.6 Å². The number of anilines is 1. The van der Waals surface area contributed by atoms with Crippen LogP contribution in [-0.2, 0) is 16.2 Å². The molecule has 1 heterocycles. The van der Waals surface area contributed by atoms with Crippen LogP contribution in [0.3, 0.4) is 0 Å². The Labute approximate surface area is 233 Å². The van der Waals surface area contributed by atoms with Crippen molar-refractivity contribution in [1.82, 2.24) is 5.32 Å². The van der Waals surface area contributed by atoms with Crippen LogP contribution in [0.1, 0.15) is 16.7 Å². The van der Waals surface area contributed by atoms with E-state index in [1.165, 1.54) is 25.3 Å². The van der Waals surface area contributed by atoms with Crippen molar-refractivity contribution in [2.24, 2.45) is 0 Å². The first-order chi connectivity index (χ1) is 18.1. The standard InChI is InChI=1S/C26H19Br2N3O7/c1-14-8-17(27)6-7-21(14)30-25(33)19(24(32)29-26(30)34)10-16-11-20(28)23(22(12-16)37-2)38-13-15-4-3-5-18(9-15)31(35)36/h3-12H,13H2,1-2H3,(H,29,32,34)/b19-10-. The van der Waals surface area contributed by atoms with Crippen molar-refractivity contribution < 1.29 is 28.8 Å². The third-order valence-electron chi connectivity index (χ3n) is 5.57. The molecular formula is C26H19Br2N3O7. The lowest BCUT2D eigenvalue weighted by atomic mass is 10.1. The van der Waals surface area contributed by atoms with Crippen molar-refractivity contribution in [3.8, 4) is 11.5 Å². The first kappa shape index (κ1) is 27.0. The first-order valence-corrected chi connectivity index (χ1v) is 12.6. The summed E-state index contributed by atoms with van der Waals surface area (Å²) in [5.41, 5.74) is 1.71.